The first-order valence-electron chi connectivity index (χ1n) is 17.3. The molecule has 0 heterocycles. The lowest BCUT2D eigenvalue weighted by atomic mass is 9.53. The maximum Gasteiger partial charge on any atom is 0.330 e. The summed E-state index contributed by atoms with van der Waals surface area (Å²) in [5.74, 6) is -0.157. The van der Waals surface area contributed by atoms with Gasteiger partial charge in [0, 0.05) is 37.5 Å². The molecule has 0 fully saturated rings. The zero-order valence-electron chi connectivity index (χ0n) is 30.0. The third kappa shape index (κ3) is 6.62. The normalized spacial score (nSPS) is 20.3. The Hall–Kier alpha value is -4.70. The lowest BCUT2D eigenvalue weighted by Crippen LogP contribution is -2.58. The molecule has 0 aromatic heterocycles. The molecule has 3 aliphatic carbocycles. The molecule has 51 heavy (non-hydrogen) atoms. The Balaban J connectivity index is 1.13. The van der Waals surface area contributed by atoms with Crippen molar-refractivity contribution in [1.82, 2.24) is 0 Å². The third-order valence-corrected chi connectivity index (χ3v) is 9.97. The number of esters is 2. The van der Waals surface area contributed by atoms with Crippen molar-refractivity contribution in [2.75, 3.05) is 53.9 Å². The topological polar surface area (TPSA) is 98.8 Å². The number of benzene rings is 4. The number of hydrogen-bond acceptors (Lipinski definition) is 9. The Morgan fingerprint density at radius 2 is 1.31 bits per heavy atom. The quantitative estimate of drug-likeness (QED) is 0.0741. The van der Waals surface area contributed by atoms with Crippen LogP contribution in [0.15, 0.2) is 91.5 Å². The smallest absolute Gasteiger partial charge is 0.330 e. The predicted octanol–water partition coefficient (Wildman–Crippen LogP) is 7.00. The molecule has 0 saturated carbocycles. The first kappa shape index (κ1) is 36.1. The number of rotatable bonds is 15. The van der Waals surface area contributed by atoms with E-state index in [1.807, 2.05) is 54.6 Å². The molecule has 0 saturated heterocycles. The number of methoxy groups -OCH3 is 2. The fourth-order valence-corrected chi connectivity index (χ4v) is 7.52. The van der Waals surface area contributed by atoms with Crippen LogP contribution in [0, 0.1) is 5.92 Å². The number of carbonyl (C=O) groups is 2. The highest BCUT2D eigenvalue weighted by molar-refractivity contribution is 5.93. The van der Waals surface area contributed by atoms with Crippen molar-refractivity contribution in [3.63, 3.8) is 0 Å². The number of carbonyl (C=O) groups excluding carboxylic acids is 2. The molecule has 0 radical (unpaired) electrons. The molecule has 0 aliphatic heterocycles. The summed E-state index contributed by atoms with van der Waals surface area (Å²) < 4.78 is 41.4. The summed E-state index contributed by atoms with van der Waals surface area (Å²) in [6.07, 6.45) is 1.50. The van der Waals surface area contributed by atoms with Crippen LogP contribution < -0.4 is 9.47 Å². The first-order valence-corrected chi connectivity index (χ1v) is 17.3. The fourth-order valence-electron chi connectivity index (χ4n) is 7.52. The highest BCUT2D eigenvalue weighted by atomic mass is 16.6. The second kappa shape index (κ2) is 14.9. The maximum atomic E-state index is 14.1. The fraction of sp³-hybridized carbons (Fsp3) is 0.381. The van der Waals surface area contributed by atoms with Gasteiger partial charge in [0.1, 0.15) is 49.1 Å². The monoisotopic (exact) mass is 694 g/mol. The van der Waals surface area contributed by atoms with Gasteiger partial charge < -0.3 is 33.2 Å². The molecular weight excluding hydrogens is 648 g/mol. The highest BCUT2D eigenvalue weighted by Gasteiger charge is 2.64. The second-order valence-electron chi connectivity index (χ2n) is 13.7. The number of fused-ring (bicyclic) bond motifs is 2. The average molecular weight is 695 g/mol. The van der Waals surface area contributed by atoms with Crippen LogP contribution in [0.5, 0.6) is 11.5 Å². The van der Waals surface area contributed by atoms with Crippen LogP contribution in [0.1, 0.15) is 55.0 Å². The molecular formula is C42H46O9. The molecule has 2 bridgehead atoms. The molecule has 0 N–H and O–H groups in total. The Labute approximate surface area is 299 Å². The minimum atomic E-state index is -1.03. The van der Waals surface area contributed by atoms with Crippen LogP contribution >= 0.6 is 0 Å². The second-order valence-corrected chi connectivity index (χ2v) is 13.7. The molecule has 4 aromatic carbocycles. The summed E-state index contributed by atoms with van der Waals surface area (Å²) >= 11 is 0. The average Bonchev–Trinajstić information content (AvgIpc) is 3.15. The van der Waals surface area contributed by atoms with Crippen molar-refractivity contribution >= 4 is 22.7 Å². The van der Waals surface area contributed by atoms with Crippen LogP contribution in [-0.4, -0.2) is 65.8 Å². The van der Waals surface area contributed by atoms with Gasteiger partial charge in [-0.15, -0.1) is 0 Å². The van der Waals surface area contributed by atoms with Crippen molar-refractivity contribution in [3.8, 4) is 11.5 Å². The van der Waals surface area contributed by atoms with Gasteiger partial charge in [-0.25, -0.2) is 4.79 Å². The van der Waals surface area contributed by atoms with Crippen LogP contribution in [0.4, 0.5) is 0 Å². The number of ether oxygens (including phenoxy) is 7. The molecule has 0 amide bonds. The summed E-state index contributed by atoms with van der Waals surface area (Å²) in [7, 11) is 3.38. The molecule has 9 heteroatoms. The molecule has 3 aliphatic rings. The van der Waals surface area contributed by atoms with Gasteiger partial charge in [-0.3, -0.25) is 4.79 Å². The minimum Gasteiger partial charge on any atom is -0.491 e. The zero-order valence-corrected chi connectivity index (χ0v) is 30.0. The summed E-state index contributed by atoms with van der Waals surface area (Å²) in [5, 5.41) is 1.75. The summed E-state index contributed by atoms with van der Waals surface area (Å²) in [6.45, 7) is 11.2. The summed E-state index contributed by atoms with van der Waals surface area (Å²) in [6, 6.07) is 26.0. The molecule has 268 valence electrons. The van der Waals surface area contributed by atoms with E-state index < -0.39 is 23.1 Å². The van der Waals surface area contributed by atoms with Crippen molar-refractivity contribution in [2.45, 2.75) is 43.8 Å². The van der Waals surface area contributed by atoms with E-state index in [-0.39, 0.29) is 37.8 Å². The van der Waals surface area contributed by atoms with E-state index in [4.69, 9.17) is 33.2 Å². The molecule has 4 aromatic rings. The Kier molecular flexibility index (Phi) is 10.5. The van der Waals surface area contributed by atoms with E-state index in [0.717, 1.165) is 39.1 Å². The van der Waals surface area contributed by atoms with Gasteiger partial charge >= 0.3 is 11.9 Å². The first-order chi connectivity index (χ1) is 24.6. The van der Waals surface area contributed by atoms with E-state index >= 15 is 0 Å². The van der Waals surface area contributed by atoms with Gasteiger partial charge in [-0.2, -0.15) is 0 Å². The number of hydrogen-bond donors (Lipinski definition) is 0. The SMILES string of the molecule is C=CC(=O)OCCOCCOc1ccc(OCCOC(=O)C2CC3(OC)c4ccccc4C2(OC)c2ccc(C(C)(C)C)cc23)c2ccccc12. The van der Waals surface area contributed by atoms with E-state index in [0.29, 0.717) is 31.1 Å². The van der Waals surface area contributed by atoms with Crippen molar-refractivity contribution in [1.29, 1.82) is 0 Å². The zero-order chi connectivity index (χ0) is 36.2. The standard InChI is InChI=1S/C42H46O9/c1-7-38(43)50-23-21-47-20-22-48-36-18-19-37(30-13-9-8-12-29(30)36)49-24-25-51-39(44)35-27-41(45-5)31-14-10-11-15-32(31)42(35,46-6)33-17-16-28(26-34(33)41)40(2,3)4/h7-19,26,35H,1,20-25,27H2,2-6H3. The highest BCUT2D eigenvalue weighted by Crippen LogP contribution is 2.63. The molecule has 7 rings (SSSR count). The predicted molar refractivity (Wildman–Crippen MR) is 193 cm³/mol. The van der Waals surface area contributed by atoms with Crippen LogP contribution in [-0.2, 0) is 49.9 Å². The van der Waals surface area contributed by atoms with E-state index in [1.165, 1.54) is 5.56 Å². The Morgan fingerprint density at radius 1 is 0.725 bits per heavy atom. The van der Waals surface area contributed by atoms with Gasteiger partial charge in [0.15, 0.2) is 0 Å². The van der Waals surface area contributed by atoms with Gasteiger partial charge in [0.05, 0.1) is 19.1 Å². The van der Waals surface area contributed by atoms with Gasteiger partial charge in [0.2, 0.25) is 0 Å². The lowest BCUT2D eigenvalue weighted by Gasteiger charge is -2.57. The van der Waals surface area contributed by atoms with Crippen molar-refractivity contribution in [2.24, 2.45) is 5.92 Å². The molecule has 0 spiro atoms. The van der Waals surface area contributed by atoms with E-state index in [1.54, 1.807) is 14.2 Å². The molecule has 3 unspecified atom stereocenters. The van der Waals surface area contributed by atoms with Gasteiger partial charge in [-0.1, -0.05) is 94.1 Å². The van der Waals surface area contributed by atoms with Crippen molar-refractivity contribution < 1.29 is 42.7 Å². The summed E-state index contributed by atoms with van der Waals surface area (Å²) in [4.78, 5) is 25.2. The third-order valence-electron chi connectivity index (χ3n) is 9.97. The minimum absolute atomic E-state index is 0.0542. The van der Waals surface area contributed by atoms with Gasteiger partial charge in [0.25, 0.3) is 0 Å². The van der Waals surface area contributed by atoms with E-state index in [2.05, 4.69) is 51.6 Å². The maximum absolute atomic E-state index is 14.1. The lowest BCUT2D eigenvalue weighted by molar-refractivity contribution is -0.173. The van der Waals surface area contributed by atoms with E-state index in [9.17, 15) is 9.59 Å². The largest absolute Gasteiger partial charge is 0.491 e. The molecule has 9 nitrogen and oxygen atoms in total. The van der Waals surface area contributed by atoms with Crippen LogP contribution in [0.2, 0.25) is 0 Å². The Morgan fingerprint density at radius 3 is 1.94 bits per heavy atom. The van der Waals surface area contributed by atoms with Gasteiger partial charge in [-0.05, 0) is 45.4 Å². The molecule has 3 atom stereocenters. The Bertz CT molecular complexity index is 1910. The summed E-state index contributed by atoms with van der Waals surface area (Å²) in [5.41, 5.74) is 3.15. The van der Waals surface area contributed by atoms with Crippen molar-refractivity contribution in [3.05, 3.63) is 119 Å². The van der Waals surface area contributed by atoms with Crippen LogP contribution in [0.25, 0.3) is 10.8 Å². The van der Waals surface area contributed by atoms with Crippen LogP contribution in [0.3, 0.4) is 0 Å².